The number of phenolic OH excluding ortho intramolecular Hbond substituents is 1. The fourth-order valence-corrected chi connectivity index (χ4v) is 2.25. The number of aliphatic carboxylic acids is 1. The minimum absolute atomic E-state index is 0.0187. The molecule has 0 saturated carbocycles. The van der Waals surface area contributed by atoms with Crippen LogP contribution < -0.4 is 21.7 Å². The van der Waals surface area contributed by atoms with Crippen molar-refractivity contribution in [1.29, 1.82) is 0 Å². The average Bonchev–Trinajstić information content (AvgIpc) is 2.70. The van der Waals surface area contributed by atoms with Crippen molar-refractivity contribution >= 4 is 23.7 Å². The first-order chi connectivity index (χ1) is 13.7. The van der Waals surface area contributed by atoms with Crippen molar-refractivity contribution in [3.8, 4) is 5.75 Å². The van der Waals surface area contributed by atoms with Crippen molar-refractivity contribution < 1.29 is 39.6 Å². The minimum atomic E-state index is -1.59. The summed E-state index contributed by atoms with van der Waals surface area (Å²) in [5.74, 6) is -4.00. The predicted octanol–water partition coefficient (Wildman–Crippen LogP) is -3.58. The lowest BCUT2D eigenvalue weighted by Gasteiger charge is -2.23. The monoisotopic (exact) mass is 412 g/mol. The summed E-state index contributed by atoms with van der Waals surface area (Å²) in [7, 11) is 0. The zero-order valence-electron chi connectivity index (χ0n) is 15.4. The number of aliphatic hydroxyl groups excluding tert-OH is 2. The number of phenols is 1. The van der Waals surface area contributed by atoms with E-state index < -0.39 is 61.6 Å². The molecular weight excluding hydrogens is 388 g/mol. The summed E-state index contributed by atoms with van der Waals surface area (Å²) in [5.41, 5.74) is 5.67. The van der Waals surface area contributed by atoms with Crippen LogP contribution in [0.2, 0.25) is 0 Å². The lowest BCUT2D eigenvalue weighted by Crippen LogP contribution is -2.58. The van der Waals surface area contributed by atoms with Crippen molar-refractivity contribution in [2.75, 3.05) is 19.8 Å². The first-order valence-corrected chi connectivity index (χ1v) is 8.54. The zero-order valence-corrected chi connectivity index (χ0v) is 15.4. The number of aromatic hydroxyl groups is 1. The number of hydrogen-bond acceptors (Lipinski definition) is 8. The number of hydrogen-bond donors (Lipinski definition) is 8. The molecule has 0 spiro atoms. The number of carbonyl (C=O) groups excluding carboxylic acids is 3. The molecule has 0 fully saturated rings. The third-order valence-corrected chi connectivity index (χ3v) is 3.83. The van der Waals surface area contributed by atoms with Gasteiger partial charge in [0.05, 0.1) is 19.8 Å². The Kier molecular flexibility index (Phi) is 9.51. The Balaban J connectivity index is 3.00. The van der Waals surface area contributed by atoms with Crippen LogP contribution >= 0.6 is 0 Å². The summed E-state index contributed by atoms with van der Waals surface area (Å²) in [5, 5.41) is 43.3. The van der Waals surface area contributed by atoms with Gasteiger partial charge in [0.25, 0.3) is 0 Å². The van der Waals surface area contributed by atoms with Gasteiger partial charge in [0.15, 0.2) is 0 Å². The maximum Gasteiger partial charge on any atom is 0.328 e. The van der Waals surface area contributed by atoms with E-state index in [2.05, 4.69) is 16.0 Å². The van der Waals surface area contributed by atoms with Crippen molar-refractivity contribution in [3.05, 3.63) is 29.8 Å². The van der Waals surface area contributed by atoms with Crippen LogP contribution in [0.15, 0.2) is 24.3 Å². The van der Waals surface area contributed by atoms with Gasteiger partial charge in [0.1, 0.15) is 23.9 Å². The Morgan fingerprint density at radius 3 is 1.86 bits per heavy atom. The van der Waals surface area contributed by atoms with Crippen molar-refractivity contribution in [3.63, 3.8) is 0 Å². The number of carbonyl (C=O) groups is 4. The number of carboxylic acids is 1. The molecule has 9 N–H and O–H groups in total. The van der Waals surface area contributed by atoms with E-state index in [1.165, 1.54) is 24.3 Å². The first kappa shape index (κ1) is 23.8. The maximum atomic E-state index is 12.5. The van der Waals surface area contributed by atoms with Gasteiger partial charge in [-0.25, -0.2) is 4.79 Å². The van der Waals surface area contributed by atoms with Gasteiger partial charge < -0.3 is 42.1 Å². The summed E-state index contributed by atoms with van der Waals surface area (Å²) < 4.78 is 0. The quantitative estimate of drug-likeness (QED) is 0.180. The molecular formula is C17H24N4O8. The maximum absolute atomic E-state index is 12.5. The number of aliphatic hydroxyl groups is 2. The Morgan fingerprint density at radius 2 is 1.38 bits per heavy atom. The molecule has 3 unspecified atom stereocenters. The molecule has 0 aliphatic heterocycles. The Bertz CT molecular complexity index is 725. The third-order valence-electron chi connectivity index (χ3n) is 3.83. The summed E-state index contributed by atoms with van der Waals surface area (Å²) in [6.45, 7) is -2.05. The normalized spacial score (nSPS) is 13.6. The number of amides is 3. The molecule has 1 aromatic rings. The number of nitrogens with one attached hydrogen (secondary N) is 3. The van der Waals surface area contributed by atoms with E-state index in [4.69, 9.17) is 15.9 Å². The second kappa shape index (κ2) is 11.6. The molecule has 3 amide bonds. The fraction of sp³-hybridized carbons (Fsp3) is 0.412. The molecule has 0 radical (unpaired) electrons. The lowest BCUT2D eigenvalue weighted by molar-refractivity contribution is -0.143. The van der Waals surface area contributed by atoms with Gasteiger partial charge in [0.2, 0.25) is 17.7 Å². The van der Waals surface area contributed by atoms with E-state index in [-0.39, 0.29) is 12.2 Å². The second-order valence-electron chi connectivity index (χ2n) is 6.02. The zero-order chi connectivity index (χ0) is 22.0. The minimum Gasteiger partial charge on any atom is -0.508 e. The summed E-state index contributed by atoms with van der Waals surface area (Å²) in [4.78, 5) is 47.3. The van der Waals surface area contributed by atoms with Crippen LogP contribution in [-0.2, 0) is 25.6 Å². The van der Waals surface area contributed by atoms with Gasteiger partial charge in [-0.1, -0.05) is 12.1 Å². The molecule has 0 heterocycles. The van der Waals surface area contributed by atoms with Gasteiger partial charge in [-0.15, -0.1) is 0 Å². The number of nitrogens with two attached hydrogens (primary N) is 1. The van der Waals surface area contributed by atoms with Crippen LogP contribution in [-0.4, -0.2) is 82.0 Å². The molecule has 1 rings (SSSR count). The van der Waals surface area contributed by atoms with Crippen LogP contribution in [0, 0.1) is 0 Å². The Morgan fingerprint density at radius 1 is 0.862 bits per heavy atom. The van der Waals surface area contributed by atoms with Gasteiger partial charge >= 0.3 is 5.97 Å². The van der Waals surface area contributed by atoms with Gasteiger partial charge in [-0.2, -0.15) is 0 Å². The molecule has 0 bridgehead atoms. The number of benzene rings is 1. The summed E-state index contributed by atoms with van der Waals surface area (Å²) in [6, 6.07) is 1.42. The average molecular weight is 412 g/mol. The molecule has 3 atom stereocenters. The smallest absolute Gasteiger partial charge is 0.328 e. The van der Waals surface area contributed by atoms with Crippen molar-refractivity contribution in [2.45, 2.75) is 24.5 Å². The lowest BCUT2D eigenvalue weighted by atomic mass is 10.0. The highest BCUT2D eigenvalue weighted by atomic mass is 16.4. The molecule has 29 heavy (non-hydrogen) atoms. The molecule has 1 aromatic carbocycles. The predicted molar refractivity (Wildman–Crippen MR) is 98.5 cm³/mol. The van der Waals surface area contributed by atoms with Gasteiger partial charge in [-0.05, 0) is 17.7 Å². The van der Waals surface area contributed by atoms with Crippen molar-refractivity contribution in [1.82, 2.24) is 16.0 Å². The van der Waals surface area contributed by atoms with Crippen molar-refractivity contribution in [2.24, 2.45) is 5.73 Å². The molecule has 0 aliphatic rings. The first-order valence-electron chi connectivity index (χ1n) is 8.54. The fourth-order valence-electron chi connectivity index (χ4n) is 2.25. The highest BCUT2D eigenvalue weighted by molar-refractivity contribution is 5.93. The van der Waals surface area contributed by atoms with E-state index in [0.717, 1.165) is 0 Å². The molecule has 12 heteroatoms. The van der Waals surface area contributed by atoms with Crippen LogP contribution in [0.4, 0.5) is 0 Å². The SMILES string of the molecule is NCC(=O)NC(CO)C(=O)NC(Cc1ccc(O)cc1)C(=O)NC(CO)C(=O)O. The summed E-state index contributed by atoms with van der Waals surface area (Å²) >= 11 is 0. The molecule has 0 saturated heterocycles. The highest BCUT2D eigenvalue weighted by Gasteiger charge is 2.29. The van der Waals surface area contributed by atoms with E-state index in [1.54, 1.807) is 0 Å². The highest BCUT2D eigenvalue weighted by Crippen LogP contribution is 2.11. The molecule has 0 aromatic heterocycles. The topological polar surface area (TPSA) is 211 Å². The van der Waals surface area contributed by atoms with E-state index in [1.807, 2.05) is 0 Å². The molecule has 160 valence electrons. The van der Waals surface area contributed by atoms with E-state index in [0.29, 0.717) is 5.56 Å². The second-order valence-corrected chi connectivity index (χ2v) is 6.02. The van der Waals surface area contributed by atoms with E-state index in [9.17, 15) is 29.4 Å². The third kappa shape index (κ3) is 7.73. The van der Waals surface area contributed by atoms with Crippen LogP contribution in [0.25, 0.3) is 0 Å². The number of carboxylic acid groups (broad SMARTS) is 1. The Labute approximate surface area is 165 Å². The van der Waals surface area contributed by atoms with Gasteiger partial charge in [0, 0.05) is 6.42 Å². The largest absolute Gasteiger partial charge is 0.508 e. The molecule has 0 aliphatic carbocycles. The van der Waals surface area contributed by atoms with Crippen LogP contribution in [0.3, 0.4) is 0 Å². The van der Waals surface area contributed by atoms with E-state index >= 15 is 0 Å². The molecule has 12 nitrogen and oxygen atoms in total. The standard InChI is InChI=1S/C17H24N4O8/c18-6-14(25)19-12(7-22)16(27)20-11(5-9-1-3-10(24)4-2-9)15(26)21-13(8-23)17(28)29/h1-4,11-13,22-24H,5-8,18H2,(H,19,25)(H,20,27)(H,21,26)(H,28,29). The Hall–Kier alpha value is -3.22. The number of rotatable bonds is 11. The summed E-state index contributed by atoms with van der Waals surface area (Å²) in [6.07, 6.45) is -0.0986. The van der Waals surface area contributed by atoms with Crippen LogP contribution in [0.1, 0.15) is 5.56 Å². The van der Waals surface area contributed by atoms with Crippen LogP contribution in [0.5, 0.6) is 5.75 Å². The van der Waals surface area contributed by atoms with Gasteiger partial charge in [-0.3, -0.25) is 14.4 Å².